The first-order valence-corrected chi connectivity index (χ1v) is 17.1. The van der Waals surface area contributed by atoms with Gasteiger partial charge in [-0.1, -0.05) is 57.9 Å². The van der Waals surface area contributed by atoms with Gasteiger partial charge in [-0.2, -0.15) is 0 Å². The van der Waals surface area contributed by atoms with Gasteiger partial charge in [0, 0.05) is 0 Å². The van der Waals surface area contributed by atoms with Gasteiger partial charge in [0.2, 0.25) is 0 Å². The molecule has 0 amide bonds. The molecule has 252 valence electrons. The molecule has 0 aromatic rings. The van der Waals surface area contributed by atoms with Crippen LogP contribution >= 0.6 is 0 Å². The van der Waals surface area contributed by atoms with Crippen molar-refractivity contribution in [2.75, 3.05) is 6.61 Å². The van der Waals surface area contributed by atoms with E-state index in [9.17, 15) is 30.6 Å². The van der Waals surface area contributed by atoms with Crippen molar-refractivity contribution in [2.45, 2.75) is 149 Å². The Kier molecular flexibility index (Phi) is 9.40. The van der Waals surface area contributed by atoms with Crippen molar-refractivity contribution < 1.29 is 40.1 Å². The van der Waals surface area contributed by atoms with E-state index in [4.69, 9.17) is 9.47 Å². The third-order valence-corrected chi connectivity index (χ3v) is 13.9. The summed E-state index contributed by atoms with van der Waals surface area (Å²) in [6, 6.07) is 0. The van der Waals surface area contributed by atoms with Crippen molar-refractivity contribution in [1.82, 2.24) is 0 Å². The maximum Gasteiger partial charge on any atom is 0.186 e. The molecule has 0 radical (unpaired) electrons. The Morgan fingerprint density at radius 1 is 0.841 bits per heavy atom. The first-order chi connectivity index (χ1) is 20.4. The molecular weight excluding hydrogens is 560 g/mol. The molecule has 0 unspecified atom stereocenters. The Balaban J connectivity index is 1.41. The summed E-state index contributed by atoms with van der Waals surface area (Å²) in [5.74, 6) is 0.617. The van der Waals surface area contributed by atoms with Crippen molar-refractivity contribution in [3.63, 3.8) is 0 Å². The maximum atomic E-state index is 12.2. The van der Waals surface area contributed by atoms with Crippen LogP contribution in [0.3, 0.4) is 0 Å². The smallest absolute Gasteiger partial charge is 0.186 e. The van der Waals surface area contributed by atoms with Crippen molar-refractivity contribution in [1.29, 1.82) is 0 Å². The lowest BCUT2D eigenvalue weighted by molar-refractivity contribution is -0.337. The van der Waals surface area contributed by atoms with Gasteiger partial charge in [-0.25, -0.2) is 0 Å². The van der Waals surface area contributed by atoms with E-state index in [0.717, 1.165) is 32.1 Å². The van der Waals surface area contributed by atoms with Crippen LogP contribution in [0.25, 0.3) is 0 Å². The number of allylic oxidation sites excluding steroid dienone is 4. The molecule has 8 nitrogen and oxygen atoms in total. The van der Waals surface area contributed by atoms with E-state index in [1.165, 1.54) is 11.1 Å². The number of aliphatic hydroxyl groups is 6. The van der Waals surface area contributed by atoms with Gasteiger partial charge in [0.1, 0.15) is 24.4 Å². The predicted octanol–water partition coefficient (Wildman–Crippen LogP) is 4.10. The van der Waals surface area contributed by atoms with E-state index in [2.05, 4.69) is 67.5 Å². The van der Waals surface area contributed by atoms with Crippen LogP contribution in [-0.4, -0.2) is 86.3 Å². The Morgan fingerprint density at radius 3 is 2.16 bits per heavy atom. The third-order valence-electron chi connectivity index (χ3n) is 13.9. The number of fused-ring (bicyclic) bond motifs is 5. The molecule has 5 rings (SSSR count). The van der Waals surface area contributed by atoms with E-state index >= 15 is 0 Å². The largest absolute Gasteiger partial charge is 0.394 e. The normalized spacial score (nSPS) is 52.1. The Bertz CT molecular complexity index is 1110. The lowest BCUT2D eigenvalue weighted by Crippen LogP contribution is -2.70. The highest BCUT2D eigenvalue weighted by molar-refractivity contribution is 5.24. The fourth-order valence-corrected chi connectivity index (χ4v) is 11.6. The summed E-state index contributed by atoms with van der Waals surface area (Å²) in [5, 5.41) is 65.1. The van der Waals surface area contributed by atoms with Crippen molar-refractivity contribution in [2.24, 2.45) is 45.3 Å². The number of hydrogen-bond donors (Lipinski definition) is 6. The quantitative estimate of drug-likeness (QED) is 0.193. The molecule has 15 atom stereocenters. The van der Waals surface area contributed by atoms with Gasteiger partial charge in [-0.05, 0) is 111 Å². The molecule has 44 heavy (non-hydrogen) atoms. The second kappa shape index (κ2) is 12.0. The van der Waals surface area contributed by atoms with Crippen molar-refractivity contribution in [3.05, 3.63) is 23.3 Å². The van der Waals surface area contributed by atoms with Gasteiger partial charge >= 0.3 is 0 Å². The monoisotopic (exact) mass is 620 g/mol. The van der Waals surface area contributed by atoms with Crippen molar-refractivity contribution >= 4 is 0 Å². The minimum Gasteiger partial charge on any atom is -0.394 e. The standard InChI is InChI=1S/C36H60O8/c1-19(2)10-9-11-20(3)21-12-15-35(7)27(21)22(38)16-25-34(6)14-13-26(33(4,5)31(34)23(39)17-36(25,35)8)44-32-30(42)29(41)28(40)24(18-37)43-32/h10-11,21-32,37-42H,9,12-18H2,1-8H3/b20-11+/t21-,22-,23+,24-,25-,26+,27+,28-,29+,30-,31+,32+,34-,35-,36-/m1/s1. The first-order valence-electron chi connectivity index (χ1n) is 17.1. The zero-order valence-corrected chi connectivity index (χ0v) is 28.2. The highest BCUT2D eigenvalue weighted by atomic mass is 16.7. The number of ether oxygens (including phenoxy) is 2. The second-order valence-corrected chi connectivity index (χ2v) is 16.8. The summed E-state index contributed by atoms with van der Waals surface area (Å²) in [4.78, 5) is 0. The van der Waals surface area contributed by atoms with Crippen LogP contribution in [0.1, 0.15) is 100 Å². The molecule has 1 heterocycles. The Morgan fingerprint density at radius 2 is 1.52 bits per heavy atom. The molecule has 8 heteroatoms. The van der Waals surface area contributed by atoms with E-state index in [1.807, 2.05) is 0 Å². The molecular formula is C36H60O8. The van der Waals surface area contributed by atoms with Gasteiger partial charge in [-0.3, -0.25) is 0 Å². The maximum absolute atomic E-state index is 12.2. The highest BCUT2D eigenvalue weighted by Gasteiger charge is 2.72. The summed E-state index contributed by atoms with van der Waals surface area (Å²) in [7, 11) is 0. The van der Waals surface area contributed by atoms with Crippen LogP contribution in [0.4, 0.5) is 0 Å². The molecule has 1 aliphatic heterocycles. The second-order valence-electron chi connectivity index (χ2n) is 16.8. The fourth-order valence-electron chi connectivity index (χ4n) is 11.6. The van der Waals surface area contributed by atoms with Gasteiger partial charge in [-0.15, -0.1) is 0 Å². The van der Waals surface area contributed by atoms with Gasteiger partial charge in [0.05, 0.1) is 24.9 Å². The van der Waals surface area contributed by atoms with Gasteiger partial charge in [0.25, 0.3) is 0 Å². The van der Waals surface area contributed by atoms with Crippen LogP contribution in [0.2, 0.25) is 0 Å². The number of hydrogen-bond acceptors (Lipinski definition) is 8. The lowest BCUT2D eigenvalue weighted by atomic mass is 9.34. The Hall–Kier alpha value is -0.840. The average Bonchev–Trinajstić information content (AvgIpc) is 3.31. The number of rotatable bonds is 6. The van der Waals surface area contributed by atoms with Gasteiger partial charge in [0.15, 0.2) is 6.29 Å². The van der Waals surface area contributed by atoms with E-state index < -0.39 is 54.9 Å². The summed E-state index contributed by atoms with van der Waals surface area (Å²) >= 11 is 0. The molecule has 5 fully saturated rings. The first kappa shape index (κ1) is 34.5. The molecule has 0 aromatic carbocycles. The van der Waals surface area contributed by atoms with Crippen LogP contribution in [0, 0.1) is 45.3 Å². The SMILES string of the molecule is CC(C)=CC/C=C(\C)[C@H]1CC[C@]2(C)[C@@H]1[C@H](O)C[C@@H]1[C@@]3(C)CC[C@H](O[C@@H]4O[C@H](CO)[C@@H](O)[C@H](O)[C@H]4O)C(C)(C)[C@@H]3[C@@H](O)C[C@]12C. The molecule has 0 bridgehead atoms. The van der Waals surface area contributed by atoms with Crippen LogP contribution in [0.15, 0.2) is 23.3 Å². The van der Waals surface area contributed by atoms with Crippen LogP contribution in [0.5, 0.6) is 0 Å². The summed E-state index contributed by atoms with van der Waals surface area (Å²) < 4.78 is 12.1. The summed E-state index contributed by atoms with van der Waals surface area (Å²) in [6.45, 7) is 17.3. The molecule has 0 aromatic heterocycles. The van der Waals surface area contributed by atoms with Crippen LogP contribution < -0.4 is 0 Å². The van der Waals surface area contributed by atoms with Crippen LogP contribution in [-0.2, 0) is 9.47 Å². The fraction of sp³-hybridized carbons (Fsp3) is 0.889. The third kappa shape index (κ3) is 5.18. The lowest BCUT2D eigenvalue weighted by Gasteiger charge is -2.71. The number of aliphatic hydroxyl groups excluding tert-OH is 6. The topological polar surface area (TPSA) is 140 Å². The Labute approximate surface area is 264 Å². The molecule has 4 aliphatic carbocycles. The zero-order valence-electron chi connectivity index (χ0n) is 28.2. The molecule has 1 saturated heterocycles. The summed E-state index contributed by atoms with van der Waals surface area (Å²) in [5.41, 5.74) is 1.69. The highest BCUT2D eigenvalue weighted by Crippen LogP contribution is 2.75. The van der Waals surface area contributed by atoms with E-state index in [-0.39, 0.29) is 40.1 Å². The molecule has 6 N–H and O–H groups in total. The zero-order chi connectivity index (χ0) is 32.6. The predicted molar refractivity (Wildman–Crippen MR) is 168 cm³/mol. The van der Waals surface area contributed by atoms with E-state index in [0.29, 0.717) is 18.8 Å². The molecule has 0 spiro atoms. The van der Waals surface area contributed by atoms with Crippen molar-refractivity contribution in [3.8, 4) is 0 Å². The van der Waals surface area contributed by atoms with Gasteiger partial charge < -0.3 is 40.1 Å². The molecule has 5 aliphatic rings. The summed E-state index contributed by atoms with van der Waals surface area (Å²) in [6.07, 6.45) is 2.47. The molecule has 4 saturated carbocycles. The average molecular weight is 621 g/mol. The minimum absolute atomic E-state index is 0.103. The minimum atomic E-state index is -1.50. The van der Waals surface area contributed by atoms with E-state index in [1.54, 1.807) is 0 Å².